The van der Waals surface area contributed by atoms with Gasteiger partial charge in [0.05, 0.1) is 5.76 Å². The summed E-state index contributed by atoms with van der Waals surface area (Å²) in [6.07, 6.45) is 0.646. The molecule has 0 amide bonds. The summed E-state index contributed by atoms with van der Waals surface area (Å²) >= 11 is 12.9. The van der Waals surface area contributed by atoms with Gasteiger partial charge >= 0.3 is 11.9 Å². The van der Waals surface area contributed by atoms with Crippen LogP contribution in [0.25, 0.3) is 0 Å². The summed E-state index contributed by atoms with van der Waals surface area (Å²) in [5.41, 5.74) is -3.95. The minimum Gasteiger partial charge on any atom is -0.513 e. The number of hydrogen-bond acceptors (Lipinski definition) is 3. The second-order valence-electron chi connectivity index (χ2n) is 4.91. The molecule has 0 aliphatic heterocycles. The van der Waals surface area contributed by atoms with E-state index in [4.69, 9.17) is 0 Å². The molecule has 23 heavy (non-hydrogen) atoms. The average Bonchev–Trinajstić information content (AvgIpc) is 2.45. The van der Waals surface area contributed by atoms with Crippen molar-refractivity contribution in [1.82, 2.24) is 0 Å². The standard InChI is InChI=1S/C14H12Br4O5/c1-3-4-13(11(20)21)9(17)7(15)8(16)10(18)14(13,12(22)23)5-6(2)19/h3,19H,1-2,4-5H2,(H,20,21)(H,22,23). The van der Waals surface area contributed by atoms with Crippen LogP contribution in [-0.2, 0) is 9.59 Å². The number of aliphatic hydroxyl groups is 1. The van der Waals surface area contributed by atoms with Gasteiger partial charge in [0, 0.05) is 24.4 Å². The van der Waals surface area contributed by atoms with Crippen LogP contribution in [0.15, 0.2) is 42.9 Å². The van der Waals surface area contributed by atoms with Gasteiger partial charge in [0.15, 0.2) is 0 Å². The van der Waals surface area contributed by atoms with Gasteiger partial charge in [-0.3, -0.25) is 9.59 Å². The molecule has 0 aromatic carbocycles. The van der Waals surface area contributed by atoms with Crippen LogP contribution in [0.2, 0.25) is 0 Å². The first kappa shape index (κ1) is 20.7. The van der Waals surface area contributed by atoms with Gasteiger partial charge in [-0.05, 0) is 38.3 Å². The highest BCUT2D eigenvalue weighted by Gasteiger charge is 2.67. The van der Waals surface area contributed by atoms with Crippen LogP contribution in [0.5, 0.6) is 0 Å². The van der Waals surface area contributed by atoms with Gasteiger partial charge < -0.3 is 15.3 Å². The Bertz CT molecular complexity index is 666. The van der Waals surface area contributed by atoms with Crippen LogP contribution in [0.4, 0.5) is 0 Å². The van der Waals surface area contributed by atoms with Crippen LogP contribution < -0.4 is 0 Å². The second kappa shape index (κ2) is 7.25. The monoisotopic (exact) mass is 576 g/mol. The van der Waals surface area contributed by atoms with Gasteiger partial charge in [-0.25, -0.2) is 0 Å². The molecule has 9 heteroatoms. The van der Waals surface area contributed by atoms with Gasteiger partial charge in [0.25, 0.3) is 0 Å². The van der Waals surface area contributed by atoms with Gasteiger partial charge in [-0.2, -0.15) is 0 Å². The van der Waals surface area contributed by atoms with E-state index in [-0.39, 0.29) is 15.4 Å². The summed E-state index contributed by atoms with van der Waals surface area (Å²) in [5, 5.41) is 29.6. The van der Waals surface area contributed by atoms with Crippen LogP contribution in [0.1, 0.15) is 12.8 Å². The van der Waals surface area contributed by atoms with E-state index in [0.717, 1.165) is 0 Å². The molecule has 0 spiro atoms. The number of hydrogen-bond donors (Lipinski definition) is 3. The van der Waals surface area contributed by atoms with Gasteiger partial charge in [-0.1, -0.05) is 44.5 Å². The number of carboxylic acid groups (broad SMARTS) is 2. The molecule has 0 saturated heterocycles. The molecule has 1 aliphatic rings. The zero-order valence-electron chi connectivity index (χ0n) is 11.6. The molecule has 1 aliphatic carbocycles. The number of allylic oxidation sites excluding steroid dienone is 4. The Morgan fingerprint density at radius 2 is 1.35 bits per heavy atom. The van der Waals surface area contributed by atoms with Crippen molar-refractivity contribution in [1.29, 1.82) is 0 Å². The normalized spacial score (nSPS) is 27.8. The fourth-order valence-corrected chi connectivity index (χ4v) is 5.99. The molecule has 126 valence electrons. The lowest BCUT2D eigenvalue weighted by Gasteiger charge is -2.47. The maximum Gasteiger partial charge on any atom is 0.316 e. The highest BCUT2D eigenvalue weighted by atomic mass is 79.9. The van der Waals surface area contributed by atoms with Crippen molar-refractivity contribution in [3.05, 3.63) is 42.9 Å². The summed E-state index contributed by atoms with van der Waals surface area (Å²) in [4.78, 5) is 24.4. The summed E-state index contributed by atoms with van der Waals surface area (Å²) in [6.45, 7) is 6.88. The van der Waals surface area contributed by atoms with Gasteiger partial charge in [-0.15, -0.1) is 6.58 Å². The fraction of sp³-hybridized carbons (Fsp3) is 0.286. The van der Waals surface area contributed by atoms with E-state index in [1.54, 1.807) is 0 Å². The van der Waals surface area contributed by atoms with Crippen LogP contribution >= 0.6 is 63.7 Å². The number of aliphatic hydroxyl groups excluding tert-OH is 1. The van der Waals surface area contributed by atoms with Crippen LogP contribution in [-0.4, -0.2) is 27.3 Å². The molecule has 0 bridgehead atoms. The first-order valence-corrected chi connectivity index (χ1v) is 9.24. The highest BCUT2D eigenvalue weighted by molar-refractivity contribution is 9.17. The Kier molecular flexibility index (Phi) is 6.51. The third-order valence-corrected chi connectivity index (χ3v) is 9.03. The Labute approximate surface area is 166 Å². The minimum absolute atomic E-state index is 0.0759. The predicted octanol–water partition coefficient (Wildman–Crippen LogP) is 5.18. The zero-order chi connectivity index (χ0) is 18.2. The topological polar surface area (TPSA) is 94.8 Å². The van der Waals surface area contributed by atoms with Crippen molar-refractivity contribution >= 4 is 75.7 Å². The Morgan fingerprint density at radius 1 is 0.957 bits per heavy atom. The van der Waals surface area contributed by atoms with E-state index in [2.05, 4.69) is 76.9 Å². The molecule has 2 unspecified atom stereocenters. The van der Waals surface area contributed by atoms with Crippen molar-refractivity contribution < 1.29 is 24.9 Å². The van der Waals surface area contributed by atoms with Crippen LogP contribution in [0.3, 0.4) is 0 Å². The van der Waals surface area contributed by atoms with Crippen molar-refractivity contribution in [2.45, 2.75) is 12.8 Å². The first-order chi connectivity index (χ1) is 10.5. The molecular weight excluding hydrogens is 568 g/mol. The number of aliphatic carboxylic acids is 2. The number of carbonyl (C=O) groups is 2. The van der Waals surface area contributed by atoms with Gasteiger partial charge in [0.2, 0.25) is 0 Å². The van der Waals surface area contributed by atoms with E-state index >= 15 is 0 Å². The van der Waals surface area contributed by atoms with Crippen LogP contribution in [0, 0.1) is 10.8 Å². The van der Waals surface area contributed by atoms with E-state index in [1.807, 2.05) is 0 Å². The highest BCUT2D eigenvalue weighted by Crippen LogP contribution is 2.65. The maximum absolute atomic E-state index is 12.2. The average molecular weight is 580 g/mol. The largest absolute Gasteiger partial charge is 0.513 e. The minimum atomic E-state index is -2.02. The predicted molar refractivity (Wildman–Crippen MR) is 101 cm³/mol. The second-order valence-corrected chi connectivity index (χ2v) is 8.08. The molecule has 2 atom stereocenters. The lowest BCUT2D eigenvalue weighted by Crippen LogP contribution is -2.55. The summed E-state index contributed by atoms with van der Waals surface area (Å²) in [5.74, 6) is -3.24. The smallest absolute Gasteiger partial charge is 0.316 e. The Hall–Kier alpha value is -0.380. The molecule has 0 fully saturated rings. The molecule has 3 N–H and O–H groups in total. The summed E-state index contributed by atoms with van der Waals surface area (Å²) < 4.78 is 0.881. The molecule has 0 aromatic rings. The molecule has 0 radical (unpaired) electrons. The summed E-state index contributed by atoms with van der Waals surface area (Å²) in [7, 11) is 0. The molecule has 0 saturated carbocycles. The van der Waals surface area contributed by atoms with Crippen molar-refractivity contribution in [3.8, 4) is 0 Å². The zero-order valence-corrected chi connectivity index (χ0v) is 17.9. The lowest BCUT2D eigenvalue weighted by molar-refractivity contribution is -0.166. The third kappa shape index (κ3) is 2.89. The fourth-order valence-electron chi connectivity index (χ4n) is 2.67. The lowest BCUT2D eigenvalue weighted by atomic mass is 9.57. The van der Waals surface area contributed by atoms with Crippen molar-refractivity contribution in [2.75, 3.05) is 0 Å². The van der Waals surface area contributed by atoms with E-state index in [0.29, 0.717) is 8.96 Å². The molecule has 5 nitrogen and oxygen atoms in total. The van der Waals surface area contributed by atoms with Crippen molar-refractivity contribution in [3.63, 3.8) is 0 Å². The summed E-state index contributed by atoms with van der Waals surface area (Å²) in [6, 6.07) is 0. The number of carboxylic acids is 2. The van der Waals surface area contributed by atoms with E-state index in [1.165, 1.54) is 6.08 Å². The molecular formula is C14H12Br4O5. The Balaban J connectivity index is 4.05. The molecule has 0 heterocycles. The van der Waals surface area contributed by atoms with Gasteiger partial charge in [0.1, 0.15) is 10.8 Å². The maximum atomic E-state index is 12.2. The first-order valence-electron chi connectivity index (χ1n) is 6.07. The number of halogens is 4. The van der Waals surface area contributed by atoms with Crippen molar-refractivity contribution in [2.24, 2.45) is 10.8 Å². The molecule has 1 rings (SSSR count). The molecule has 0 aromatic heterocycles. The quantitative estimate of drug-likeness (QED) is 0.298. The van der Waals surface area contributed by atoms with E-state index in [9.17, 15) is 24.9 Å². The SMILES string of the molecule is C=CCC1(C(=O)O)C(Br)=C(Br)C(Br)=C(Br)C1(CC(=C)O)C(=O)O. The Morgan fingerprint density at radius 3 is 1.65 bits per heavy atom. The van der Waals surface area contributed by atoms with E-state index < -0.39 is 34.9 Å². The number of rotatable bonds is 6. The third-order valence-electron chi connectivity index (χ3n) is 3.71.